The Morgan fingerprint density at radius 3 is 2.74 bits per heavy atom. The molecule has 2 fully saturated rings. The lowest BCUT2D eigenvalue weighted by Crippen LogP contribution is -2.58. The van der Waals surface area contributed by atoms with Crippen LogP contribution >= 0.6 is 0 Å². The molecule has 3 rings (SSSR count). The number of fused-ring (bicyclic) bond motifs is 1. The summed E-state index contributed by atoms with van der Waals surface area (Å²) in [4.78, 5) is 39.7. The molecule has 0 bridgehead atoms. The third-order valence-corrected chi connectivity index (χ3v) is 5.70. The summed E-state index contributed by atoms with van der Waals surface area (Å²) in [6.45, 7) is 3.07. The number of unbranched alkanes of at least 4 members (excludes halogenated alkanes) is 1. The SMILES string of the molecule is CCCCNC(=O)CN[C@@]12CCCC[C@@H]1C(=O)N(Cc1ccccc1)C2=O. The molecule has 0 spiro atoms. The van der Waals surface area contributed by atoms with Crippen LogP contribution in [0.1, 0.15) is 51.0 Å². The number of nitrogens with zero attached hydrogens (tertiary/aromatic N) is 1. The molecule has 6 heteroatoms. The van der Waals surface area contributed by atoms with Gasteiger partial charge in [0.15, 0.2) is 0 Å². The fourth-order valence-corrected chi connectivity index (χ4v) is 4.20. The maximum Gasteiger partial charge on any atom is 0.250 e. The van der Waals surface area contributed by atoms with Gasteiger partial charge in [-0.1, -0.05) is 56.5 Å². The molecule has 1 saturated heterocycles. The van der Waals surface area contributed by atoms with E-state index < -0.39 is 5.54 Å². The molecule has 27 heavy (non-hydrogen) atoms. The Labute approximate surface area is 160 Å². The summed E-state index contributed by atoms with van der Waals surface area (Å²) in [5.74, 6) is -0.778. The minimum atomic E-state index is -0.924. The summed E-state index contributed by atoms with van der Waals surface area (Å²) >= 11 is 0. The van der Waals surface area contributed by atoms with Crippen molar-refractivity contribution in [2.24, 2.45) is 5.92 Å². The number of rotatable bonds is 8. The third kappa shape index (κ3) is 4.05. The summed E-state index contributed by atoms with van der Waals surface area (Å²) < 4.78 is 0. The van der Waals surface area contributed by atoms with Crippen LogP contribution < -0.4 is 10.6 Å². The molecule has 0 unspecified atom stereocenters. The van der Waals surface area contributed by atoms with Crippen LogP contribution in [0.3, 0.4) is 0 Å². The normalized spacial score (nSPS) is 24.8. The van der Waals surface area contributed by atoms with Crippen molar-refractivity contribution in [1.29, 1.82) is 0 Å². The van der Waals surface area contributed by atoms with Gasteiger partial charge in [-0.05, 0) is 24.8 Å². The number of hydrogen-bond donors (Lipinski definition) is 2. The van der Waals surface area contributed by atoms with Crippen LogP contribution in [0, 0.1) is 5.92 Å². The van der Waals surface area contributed by atoms with Gasteiger partial charge in [-0.15, -0.1) is 0 Å². The van der Waals surface area contributed by atoms with Gasteiger partial charge in [-0.25, -0.2) is 0 Å². The molecule has 1 aromatic rings. The first-order valence-electron chi connectivity index (χ1n) is 10.00. The zero-order chi connectivity index (χ0) is 19.3. The van der Waals surface area contributed by atoms with E-state index in [1.165, 1.54) is 4.90 Å². The molecule has 2 atom stereocenters. The number of benzene rings is 1. The highest BCUT2D eigenvalue weighted by molar-refractivity contribution is 6.10. The Morgan fingerprint density at radius 1 is 1.22 bits per heavy atom. The van der Waals surface area contributed by atoms with Crippen LogP contribution in [0.5, 0.6) is 0 Å². The zero-order valence-corrected chi connectivity index (χ0v) is 16.0. The van der Waals surface area contributed by atoms with Crippen molar-refractivity contribution in [3.63, 3.8) is 0 Å². The molecule has 0 radical (unpaired) electrons. The topological polar surface area (TPSA) is 78.5 Å². The Bertz CT molecular complexity index is 691. The van der Waals surface area contributed by atoms with E-state index in [1.54, 1.807) is 0 Å². The van der Waals surface area contributed by atoms with Crippen molar-refractivity contribution < 1.29 is 14.4 Å². The van der Waals surface area contributed by atoms with E-state index in [2.05, 4.69) is 17.6 Å². The molecule has 1 aliphatic heterocycles. The second-order valence-corrected chi connectivity index (χ2v) is 7.54. The van der Waals surface area contributed by atoms with Gasteiger partial charge in [0.25, 0.3) is 5.91 Å². The molecule has 1 aromatic carbocycles. The third-order valence-electron chi connectivity index (χ3n) is 5.70. The van der Waals surface area contributed by atoms with Gasteiger partial charge in [-0.2, -0.15) is 0 Å². The first-order chi connectivity index (χ1) is 13.1. The number of amides is 3. The van der Waals surface area contributed by atoms with E-state index in [-0.39, 0.29) is 30.2 Å². The quantitative estimate of drug-likeness (QED) is 0.541. The Kier molecular flexibility index (Phi) is 6.26. The van der Waals surface area contributed by atoms with Crippen molar-refractivity contribution in [2.75, 3.05) is 13.1 Å². The average molecular weight is 371 g/mol. The predicted molar refractivity (Wildman–Crippen MR) is 103 cm³/mol. The van der Waals surface area contributed by atoms with Crippen LogP contribution in [0.25, 0.3) is 0 Å². The average Bonchev–Trinajstić information content (AvgIpc) is 2.90. The molecule has 0 aromatic heterocycles. The van der Waals surface area contributed by atoms with Crippen molar-refractivity contribution in [1.82, 2.24) is 15.5 Å². The molecular weight excluding hydrogens is 342 g/mol. The van der Waals surface area contributed by atoms with Crippen molar-refractivity contribution in [2.45, 2.75) is 57.5 Å². The van der Waals surface area contributed by atoms with Gasteiger partial charge in [0.05, 0.1) is 19.0 Å². The fraction of sp³-hybridized carbons (Fsp3) is 0.571. The van der Waals surface area contributed by atoms with Crippen LogP contribution in [0.15, 0.2) is 30.3 Å². The minimum absolute atomic E-state index is 0.0679. The Hall–Kier alpha value is -2.21. The number of hydrogen-bond acceptors (Lipinski definition) is 4. The number of carbonyl (C=O) groups excluding carboxylic acids is 3. The first-order valence-corrected chi connectivity index (χ1v) is 10.00. The molecule has 2 aliphatic rings. The van der Waals surface area contributed by atoms with Gasteiger partial charge >= 0.3 is 0 Å². The van der Waals surface area contributed by atoms with E-state index >= 15 is 0 Å². The van der Waals surface area contributed by atoms with Gasteiger partial charge in [0.1, 0.15) is 5.54 Å². The van der Waals surface area contributed by atoms with Crippen molar-refractivity contribution >= 4 is 17.7 Å². The van der Waals surface area contributed by atoms with Crippen LogP contribution in [-0.4, -0.2) is 41.2 Å². The summed E-state index contributed by atoms with van der Waals surface area (Å²) in [7, 11) is 0. The highest BCUT2D eigenvalue weighted by Gasteiger charge is 2.59. The van der Waals surface area contributed by atoms with E-state index in [4.69, 9.17) is 0 Å². The van der Waals surface area contributed by atoms with Gasteiger partial charge in [0.2, 0.25) is 11.8 Å². The minimum Gasteiger partial charge on any atom is -0.355 e. The first kappa shape index (κ1) is 19.5. The largest absolute Gasteiger partial charge is 0.355 e. The molecule has 1 saturated carbocycles. The van der Waals surface area contributed by atoms with E-state index in [1.807, 2.05) is 30.3 Å². The van der Waals surface area contributed by atoms with Crippen molar-refractivity contribution in [3.8, 4) is 0 Å². The monoisotopic (exact) mass is 371 g/mol. The van der Waals surface area contributed by atoms with E-state index in [0.717, 1.165) is 31.2 Å². The van der Waals surface area contributed by atoms with Gasteiger partial charge in [-0.3, -0.25) is 24.6 Å². The van der Waals surface area contributed by atoms with E-state index in [9.17, 15) is 14.4 Å². The maximum atomic E-state index is 13.3. The molecule has 6 nitrogen and oxygen atoms in total. The van der Waals surface area contributed by atoms with Crippen LogP contribution in [0.2, 0.25) is 0 Å². The molecular formula is C21H29N3O3. The van der Waals surface area contributed by atoms with Crippen molar-refractivity contribution in [3.05, 3.63) is 35.9 Å². The number of carbonyl (C=O) groups is 3. The second-order valence-electron chi connectivity index (χ2n) is 7.54. The standard InChI is InChI=1S/C21H29N3O3/c1-2-3-13-22-18(25)14-23-21-12-8-7-11-17(21)19(26)24(20(21)27)15-16-9-5-4-6-10-16/h4-6,9-10,17,23H,2-3,7-8,11-15H2,1H3,(H,22,25)/t17-,21+/m1/s1. The van der Waals surface area contributed by atoms with Gasteiger partial charge in [0, 0.05) is 6.54 Å². The summed E-state index contributed by atoms with van der Waals surface area (Å²) in [5.41, 5.74) is 0.0111. The summed E-state index contributed by atoms with van der Waals surface area (Å²) in [6.07, 6.45) is 5.08. The number of imide groups is 1. The van der Waals surface area contributed by atoms with Gasteiger partial charge < -0.3 is 5.32 Å². The molecule has 2 N–H and O–H groups in total. The maximum absolute atomic E-state index is 13.3. The highest BCUT2D eigenvalue weighted by Crippen LogP contribution is 2.42. The lowest BCUT2D eigenvalue weighted by atomic mass is 9.74. The lowest BCUT2D eigenvalue weighted by molar-refractivity contribution is -0.141. The Balaban J connectivity index is 1.72. The molecule has 146 valence electrons. The lowest BCUT2D eigenvalue weighted by Gasteiger charge is -2.36. The Morgan fingerprint density at radius 2 is 2.00 bits per heavy atom. The fourth-order valence-electron chi connectivity index (χ4n) is 4.20. The molecule has 1 aliphatic carbocycles. The number of likely N-dealkylation sites (tertiary alicyclic amines) is 1. The molecule has 3 amide bonds. The molecule has 1 heterocycles. The summed E-state index contributed by atoms with van der Waals surface area (Å²) in [6, 6.07) is 9.56. The highest BCUT2D eigenvalue weighted by atomic mass is 16.2. The van der Waals surface area contributed by atoms with E-state index in [0.29, 0.717) is 25.9 Å². The van der Waals surface area contributed by atoms with Crippen LogP contribution in [-0.2, 0) is 20.9 Å². The second kappa shape index (κ2) is 8.65. The predicted octanol–water partition coefficient (Wildman–Crippen LogP) is 1.99. The van der Waals surface area contributed by atoms with Crippen LogP contribution in [0.4, 0.5) is 0 Å². The zero-order valence-electron chi connectivity index (χ0n) is 16.0. The summed E-state index contributed by atoms with van der Waals surface area (Å²) in [5, 5.41) is 6.06. The number of nitrogens with one attached hydrogen (secondary N) is 2. The smallest absolute Gasteiger partial charge is 0.250 e.